The minimum atomic E-state index is -0.991. The van der Waals surface area contributed by atoms with E-state index >= 15 is 0 Å². The van der Waals surface area contributed by atoms with Crippen molar-refractivity contribution in [2.24, 2.45) is 5.73 Å². The number of carboxylic acid groups (broad SMARTS) is 1. The highest BCUT2D eigenvalue weighted by Crippen LogP contribution is 2.02. The Morgan fingerprint density at radius 1 is 1.82 bits per heavy atom. The van der Waals surface area contributed by atoms with Crippen LogP contribution in [0.4, 0.5) is 0 Å². The Kier molecular flexibility index (Phi) is 5.61. The van der Waals surface area contributed by atoms with Crippen LogP contribution < -0.4 is 5.73 Å². The molecule has 0 heterocycles. The zero-order valence-electron chi connectivity index (χ0n) is 5.99. The summed E-state index contributed by atoms with van der Waals surface area (Å²) in [4.78, 5) is 10.2. The van der Waals surface area contributed by atoms with Gasteiger partial charge in [-0.1, -0.05) is 0 Å². The number of carbonyl (C=O) groups is 1. The van der Waals surface area contributed by atoms with Crippen molar-refractivity contribution < 1.29 is 9.90 Å². The average molecular weight is 174 g/mol. The maximum absolute atomic E-state index is 10.2. The normalized spacial score (nSPS) is 12.0. The number of nitriles is 1. The van der Waals surface area contributed by atoms with E-state index in [-0.39, 0.29) is 0 Å². The molecular formula is C6H10N2O2S. The predicted octanol–water partition coefficient (Wildman–Crippen LogP) is 0.0452. The molecule has 62 valence electrons. The van der Waals surface area contributed by atoms with Crippen molar-refractivity contribution in [3.8, 4) is 6.07 Å². The number of nitrogens with zero attached hydrogens (tertiary/aromatic N) is 1. The van der Waals surface area contributed by atoms with Crippen LogP contribution >= 0.6 is 11.8 Å². The molecule has 0 saturated heterocycles. The molecule has 3 N–H and O–H groups in total. The largest absolute Gasteiger partial charge is 0.480 e. The van der Waals surface area contributed by atoms with Gasteiger partial charge in [0, 0.05) is 17.9 Å². The van der Waals surface area contributed by atoms with E-state index in [1.807, 2.05) is 6.07 Å². The SMILES string of the molecule is N#CCCSC[C@@H](N)C(=O)O. The molecule has 0 aromatic rings. The molecule has 0 radical (unpaired) electrons. The Bertz CT molecular complexity index is 166. The Hall–Kier alpha value is -0.730. The summed E-state index contributed by atoms with van der Waals surface area (Å²) in [5, 5.41) is 16.5. The van der Waals surface area contributed by atoms with E-state index in [2.05, 4.69) is 0 Å². The average Bonchev–Trinajstić information content (AvgIpc) is 1.97. The van der Waals surface area contributed by atoms with Gasteiger partial charge in [0.25, 0.3) is 0 Å². The first kappa shape index (κ1) is 10.3. The first-order chi connectivity index (χ1) is 5.18. The fourth-order valence-electron chi connectivity index (χ4n) is 0.399. The standard InChI is InChI=1S/C6H10N2O2S/c7-2-1-3-11-4-5(8)6(9)10/h5H,1,3-4,8H2,(H,9,10)/t5-/m1/s1. The van der Waals surface area contributed by atoms with E-state index in [0.29, 0.717) is 17.9 Å². The molecule has 0 aromatic heterocycles. The van der Waals surface area contributed by atoms with Crippen molar-refractivity contribution in [2.75, 3.05) is 11.5 Å². The molecule has 0 aromatic carbocycles. The van der Waals surface area contributed by atoms with Gasteiger partial charge in [-0.15, -0.1) is 0 Å². The van der Waals surface area contributed by atoms with E-state index in [9.17, 15) is 4.79 Å². The monoisotopic (exact) mass is 174 g/mol. The Morgan fingerprint density at radius 2 is 2.45 bits per heavy atom. The van der Waals surface area contributed by atoms with E-state index in [1.165, 1.54) is 11.8 Å². The van der Waals surface area contributed by atoms with Gasteiger partial charge in [-0.2, -0.15) is 17.0 Å². The van der Waals surface area contributed by atoms with Crippen LogP contribution in [0.3, 0.4) is 0 Å². The Morgan fingerprint density at radius 3 is 2.91 bits per heavy atom. The number of hydrogen-bond acceptors (Lipinski definition) is 4. The molecule has 0 spiro atoms. The van der Waals surface area contributed by atoms with Gasteiger partial charge in [0.05, 0.1) is 6.07 Å². The molecule has 0 aliphatic carbocycles. The third-order valence-corrected chi connectivity index (χ3v) is 2.06. The molecule has 0 aliphatic rings. The summed E-state index contributed by atoms with van der Waals surface area (Å²) in [6, 6.07) is 1.15. The number of carboxylic acids is 1. The third kappa shape index (κ3) is 5.70. The molecule has 0 unspecified atom stereocenters. The van der Waals surface area contributed by atoms with Gasteiger partial charge < -0.3 is 10.8 Å². The van der Waals surface area contributed by atoms with Gasteiger partial charge in [-0.3, -0.25) is 4.79 Å². The van der Waals surface area contributed by atoms with Crippen molar-refractivity contribution >= 4 is 17.7 Å². The lowest BCUT2D eigenvalue weighted by Gasteiger charge is -2.03. The van der Waals surface area contributed by atoms with Gasteiger partial charge in [0.15, 0.2) is 0 Å². The summed E-state index contributed by atoms with van der Waals surface area (Å²) in [5.41, 5.74) is 5.20. The van der Waals surface area contributed by atoms with Crippen molar-refractivity contribution in [1.82, 2.24) is 0 Å². The smallest absolute Gasteiger partial charge is 0.321 e. The molecule has 4 nitrogen and oxygen atoms in total. The van der Waals surface area contributed by atoms with E-state index < -0.39 is 12.0 Å². The van der Waals surface area contributed by atoms with Crippen LogP contribution in [-0.4, -0.2) is 28.6 Å². The summed E-state index contributed by atoms with van der Waals surface area (Å²) in [6.45, 7) is 0. The highest BCUT2D eigenvalue weighted by atomic mass is 32.2. The minimum absolute atomic E-state index is 0.372. The molecule has 0 amide bonds. The maximum Gasteiger partial charge on any atom is 0.321 e. The quantitative estimate of drug-likeness (QED) is 0.575. The summed E-state index contributed by atoms with van der Waals surface area (Å²) in [6.07, 6.45) is 0.441. The lowest BCUT2D eigenvalue weighted by Crippen LogP contribution is -2.32. The summed E-state index contributed by atoms with van der Waals surface area (Å²) >= 11 is 1.39. The van der Waals surface area contributed by atoms with Crippen LogP contribution in [0.25, 0.3) is 0 Å². The number of hydrogen-bond donors (Lipinski definition) is 2. The first-order valence-corrected chi connectivity index (χ1v) is 4.27. The van der Waals surface area contributed by atoms with E-state index in [4.69, 9.17) is 16.1 Å². The fraction of sp³-hybridized carbons (Fsp3) is 0.667. The highest BCUT2D eigenvalue weighted by Gasteiger charge is 2.09. The summed E-state index contributed by atoms with van der Waals surface area (Å²) in [5.74, 6) is 0.0311. The van der Waals surface area contributed by atoms with Gasteiger partial charge in [0.1, 0.15) is 6.04 Å². The van der Waals surface area contributed by atoms with Crippen LogP contribution in [0, 0.1) is 11.3 Å². The second-order valence-electron chi connectivity index (χ2n) is 1.93. The summed E-state index contributed by atoms with van der Waals surface area (Å²) in [7, 11) is 0. The van der Waals surface area contributed by atoms with Crippen LogP contribution in [0.15, 0.2) is 0 Å². The Labute approximate surface area is 69.4 Å². The zero-order chi connectivity index (χ0) is 8.69. The Balaban J connectivity index is 3.26. The van der Waals surface area contributed by atoms with Crippen molar-refractivity contribution in [3.63, 3.8) is 0 Å². The lowest BCUT2D eigenvalue weighted by atomic mass is 10.4. The molecule has 0 rings (SSSR count). The van der Waals surface area contributed by atoms with Gasteiger partial charge in [0.2, 0.25) is 0 Å². The maximum atomic E-state index is 10.2. The summed E-state index contributed by atoms with van der Waals surface area (Å²) < 4.78 is 0. The minimum Gasteiger partial charge on any atom is -0.480 e. The third-order valence-electron chi connectivity index (χ3n) is 0.973. The second-order valence-corrected chi connectivity index (χ2v) is 3.08. The second kappa shape index (κ2) is 6.01. The van der Waals surface area contributed by atoms with Crippen LogP contribution in [-0.2, 0) is 4.79 Å². The number of thioether (sulfide) groups is 1. The van der Waals surface area contributed by atoms with E-state index in [0.717, 1.165) is 0 Å². The van der Waals surface area contributed by atoms with Crippen molar-refractivity contribution in [3.05, 3.63) is 0 Å². The first-order valence-electron chi connectivity index (χ1n) is 3.11. The number of aliphatic carboxylic acids is 1. The highest BCUT2D eigenvalue weighted by molar-refractivity contribution is 7.99. The molecule has 0 saturated carbocycles. The molecule has 0 fully saturated rings. The van der Waals surface area contributed by atoms with Crippen molar-refractivity contribution in [2.45, 2.75) is 12.5 Å². The molecule has 1 atom stereocenters. The van der Waals surface area contributed by atoms with Gasteiger partial charge >= 0.3 is 5.97 Å². The fourth-order valence-corrected chi connectivity index (χ4v) is 1.20. The zero-order valence-corrected chi connectivity index (χ0v) is 6.80. The predicted molar refractivity (Wildman–Crippen MR) is 43.2 cm³/mol. The molecule has 5 heteroatoms. The van der Waals surface area contributed by atoms with Crippen molar-refractivity contribution in [1.29, 1.82) is 5.26 Å². The van der Waals surface area contributed by atoms with Gasteiger partial charge in [-0.25, -0.2) is 0 Å². The molecule has 11 heavy (non-hydrogen) atoms. The van der Waals surface area contributed by atoms with Crippen LogP contribution in [0.5, 0.6) is 0 Å². The molecule has 0 bridgehead atoms. The molecule has 0 aliphatic heterocycles. The van der Waals surface area contributed by atoms with Crippen LogP contribution in [0.2, 0.25) is 0 Å². The van der Waals surface area contributed by atoms with E-state index in [1.54, 1.807) is 0 Å². The lowest BCUT2D eigenvalue weighted by molar-refractivity contribution is -0.137. The van der Waals surface area contributed by atoms with Crippen LogP contribution in [0.1, 0.15) is 6.42 Å². The van der Waals surface area contributed by atoms with Gasteiger partial charge in [-0.05, 0) is 0 Å². The number of rotatable bonds is 5. The topological polar surface area (TPSA) is 87.1 Å². The number of nitrogens with two attached hydrogens (primary N) is 1. The molecular weight excluding hydrogens is 164 g/mol.